The Balaban J connectivity index is 2.09. The van der Waals surface area contributed by atoms with Crippen LogP contribution in [-0.2, 0) is 11.2 Å². The third-order valence-electron chi connectivity index (χ3n) is 5.16. The van der Waals surface area contributed by atoms with Gasteiger partial charge in [-0.3, -0.25) is 4.79 Å². The molecule has 0 aliphatic heterocycles. The van der Waals surface area contributed by atoms with Crippen molar-refractivity contribution in [3.8, 4) is 0 Å². The predicted octanol–water partition coefficient (Wildman–Crippen LogP) is 5.93. The van der Waals surface area contributed by atoms with Crippen LogP contribution in [-0.4, -0.2) is 11.1 Å². The summed E-state index contributed by atoms with van der Waals surface area (Å²) in [6, 6.07) is 27.1. The first kappa shape index (κ1) is 14.9. The molecule has 2 heteroatoms. The highest BCUT2D eigenvalue weighted by atomic mass is 16.4. The second kappa shape index (κ2) is 5.57. The van der Waals surface area contributed by atoms with Gasteiger partial charge in [-0.25, -0.2) is 0 Å². The zero-order chi connectivity index (χ0) is 17.7. The van der Waals surface area contributed by atoms with Crippen molar-refractivity contribution < 1.29 is 9.90 Å². The third kappa shape index (κ3) is 2.16. The molecular weight excluding hydrogens is 320 g/mol. The minimum Gasteiger partial charge on any atom is -0.481 e. The molecule has 0 saturated heterocycles. The fourth-order valence-electron chi connectivity index (χ4n) is 4.08. The van der Waals surface area contributed by atoms with Crippen LogP contribution in [0.2, 0.25) is 0 Å². The second-order valence-corrected chi connectivity index (χ2v) is 6.70. The average molecular weight is 336 g/mol. The van der Waals surface area contributed by atoms with E-state index in [2.05, 4.69) is 48.5 Å². The van der Waals surface area contributed by atoms with Crippen LogP contribution in [0.5, 0.6) is 0 Å². The Labute approximate surface area is 150 Å². The van der Waals surface area contributed by atoms with Crippen LogP contribution in [0.1, 0.15) is 5.56 Å². The third-order valence-corrected chi connectivity index (χ3v) is 5.16. The van der Waals surface area contributed by atoms with Crippen LogP contribution < -0.4 is 0 Å². The monoisotopic (exact) mass is 336 g/mol. The predicted molar refractivity (Wildman–Crippen MR) is 108 cm³/mol. The van der Waals surface area contributed by atoms with E-state index in [0.29, 0.717) is 0 Å². The van der Waals surface area contributed by atoms with Crippen LogP contribution in [0.15, 0.2) is 78.9 Å². The summed E-state index contributed by atoms with van der Waals surface area (Å²) in [4.78, 5) is 11.4. The summed E-state index contributed by atoms with van der Waals surface area (Å²) in [7, 11) is 0. The number of carbonyl (C=O) groups is 1. The fourth-order valence-corrected chi connectivity index (χ4v) is 4.08. The maximum absolute atomic E-state index is 11.4. The molecule has 2 nitrogen and oxygen atoms in total. The van der Waals surface area contributed by atoms with E-state index in [1.165, 1.54) is 21.5 Å². The van der Waals surface area contributed by atoms with E-state index < -0.39 is 5.97 Å². The molecule has 1 N–H and O–H groups in total. The van der Waals surface area contributed by atoms with Gasteiger partial charge in [-0.2, -0.15) is 0 Å². The lowest BCUT2D eigenvalue weighted by Crippen LogP contribution is -2.01. The van der Waals surface area contributed by atoms with Crippen molar-refractivity contribution in [1.29, 1.82) is 0 Å². The first-order chi connectivity index (χ1) is 12.7. The van der Waals surface area contributed by atoms with E-state index in [9.17, 15) is 9.90 Å². The normalized spacial score (nSPS) is 11.5. The maximum atomic E-state index is 11.4. The highest BCUT2D eigenvalue weighted by molar-refractivity contribution is 6.28. The summed E-state index contributed by atoms with van der Waals surface area (Å²) in [5, 5.41) is 18.6. The van der Waals surface area contributed by atoms with E-state index in [0.717, 1.165) is 27.1 Å². The molecule has 0 heterocycles. The molecule has 5 aromatic carbocycles. The zero-order valence-corrected chi connectivity index (χ0v) is 14.1. The van der Waals surface area contributed by atoms with Gasteiger partial charge < -0.3 is 5.11 Å². The summed E-state index contributed by atoms with van der Waals surface area (Å²) in [6.07, 6.45) is 0.0254. The molecule has 0 aliphatic carbocycles. The van der Waals surface area contributed by atoms with Crippen LogP contribution >= 0.6 is 0 Å². The van der Waals surface area contributed by atoms with Gasteiger partial charge in [0.25, 0.3) is 0 Å². The summed E-state index contributed by atoms with van der Waals surface area (Å²) in [5.74, 6) is -0.806. The molecule has 0 fully saturated rings. The Morgan fingerprint density at radius 3 is 1.92 bits per heavy atom. The summed E-state index contributed by atoms with van der Waals surface area (Å²) >= 11 is 0. The molecule has 0 saturated carbocycles. The van der Waals surface area contributed by atoms with Crippen LogP contribution in [0.25, 0.3) is 43.1 Å². The number of fused-ring (bicyclic) bond motifs is 7. The van der Waals surface area contributed by atoms with Gasteiger partial charge in [-0.05, 0) is 60.8 Å². The summed E-state index contributed by atoms with van der Waals surface area (Å²) in [5.41, 5.74) is 0.862. The molecular formula is C24H16O2. The number of rotatable bonds is 2. The van der Waals surface area contributed by atoms with Crippen LogP contribution in [0.4, 0.5) is 0 Å². The largest absolute Gasteiger partial charge is 0.481 e. The van der Waals surface area contributed by atoms with Gasteiger partial charge in [-0.15, -0.1) is 0 Å². The zero-order valence-electron chi connectivity index (χ0n) is 14.1. The number of hydrogen-bond acceptors (Lipinski definition) is 1. The molecule has 5 aromatic rings. The summed E-state index contributed by atoms with van der Waals surface area (Å²) in [6.45, 7) is 0. The quantitative estimate of drug-likeness (QED) is 0.320. The van der Waals surface area contributed by atoms with Gasteiger partial charge in [0.1, 0.15) is 0 Å². The molecule has 0 atom stereocenters. The summed E-state index contributed by atoms with van der Waals surface area (Å²) < 4.78 is 0. The Morgan fingerprint density at radius 2 is 1.23 bits per heavy atom. The lowest BCUT2D eigenvalue weighted by molar-refractivity contribution is -0.136. The number of carboxylic acids is 1. The van der Waals surface area contributed by atoms with Crippen molar-refractivity contribution in [3.05, 3.63) is 84.4 Å². The fraction of sp³-hybridized carbons (Fsp3) is 0.0417. The molecule has 0 unspecified atom stereocenters. The SMILES string of the molecule is O=C(O)Cc1cccc2c3ccccc3c3cc4ccccc4cc3c12. The van der Waals surface area contributed by atoms with Crippen molar-refractivity contribution in [2.45, 2.75) is 6.42 Å². The smallest absolute Gasteiger partial charge is 0.307 e. The lowest BCUT2D eigenvalue weighted by Gasteiger charge is -2.14. The van der Waals surface area contributed by atoms with Gasteiger partial charge in [0.05, 0.1) is 6.42 Å². The Hall–Kier alpha value is -3.39. The van der Waals surface area contributed by atoms with Crippen molar-refractivity contribution in [3.63, 3.8) is 0 Å². The van der Waals surface area contributed by atoms with Gasteiger partial charge in [0, 0.05) is 0 Å². The van der Waals surface area contributed by atoms with Crippen molar-refractivity contribution in [1.82, 2.24) is 0 Å². The maximum Gasteiger partial charge on any atom is 0.307 e. The van der Waals surface area contributed by atoms with E-state index in [4.69, 9.17) is 0 Å². The number of aliphatic carboxylic acids is 1. The van der Waals surface area contributed by atoms with E-state index >= 15 is 0 Å². The molecule has 124 valence electrons. The standard InChI is InChI=1S/C24H16O2/c25-23(26)14-17-8-5-11-20-18-9-3-4-10-19(18)21-12-15-6-1-2-7-16(15)13-22(21)24(17)20/h1-13H,14H2,(H,25,26). The van der Waals surface area contributed by atoms with Gasteiger partial charge in [-0.1, -0.05) is 66.7 Å². The molecule has 26 heavy (non-hydrogen) atoms. The van der Waals surface area contributed by atoms with E-state index in [-0.39, 0.29) is 6.42 Å². The van der Waals surface area contributed by atoms with Gasteiger partial charge in [0.15, 0.2) is 0 Å². The second-order valence-electron chi connectivity index (χ2n) is 6.70. The Morgan fingerprint density at radius 1 is 0.654 bits per heavy atom. The minimum absolute atomic E-state index is 0.0254. The molecule has 5 rings (SSSR count). The molecule has 0 aliphatic rings. The van der Waals surface area contributed by atoms with Gasteiger partial charge in [0.2, 0.25) is 0 Å². The van der Waals surface area contributed by atoms with E-state index in [1.54, 1.807) is 0 Å². The molecule has 0 spiro atoms. The topological polar surface area (TPSA) is 37.3 Å². The number of carboxylic acid groups (broad SMARTS) is 1. The molecule has 0 bridgehead atoms. The number of benzene rings is 5. The Kier molecular flexibility index (Phi) is 3.19. The first-order valence-electron chi connectivity index (χ1n) is 8.69. The minimum atomic E-state index is -0.806. The number of hydrogen-bond donors (Lipinski definition) is 1. The van der Waals surface area contributed by atoms with Crippen molar-refractivity contribution >= 4 is 49.1 Å². The Bertz CT molecular complexity index is 1330. The van der Waals surface area contributed by atoms with Crippen LogP contribution in [0, 0.1) is 0 Å². The lowest BCUT2D eigenvalue weighted by atomic mass is 9.89. The molecule has 0 radical (unpaired) electrons. The van der Waals surface area contributed by atoms with E-state index in [1.807, 2.05) is 30.3 Å². The molecule has 0 amide bonds. The van der Waals surface area contributed by atoms with Crippen molar-refractivity contribution in [2.24, 2.45) is 0 Å². The highest BCUT2D eigenvalue weighted by Crippen LogP contribution is 2.38. The van der Waals surface area contributed by atoms with Gasteiger partial charge >= 0.3 is 5.97 Å². The first-order valence-corrected chi connectivity index (χ1v) is 8.69. The average Bonchev–Trinajstić information content (AvgIpc) is 2.66. The van der Waals surface area contributed by atoms with Crippen LogP contribution in [0.3, 0.4) is 0 Å². The molecule has 0 aromatic heterocycles. The van der Waals surface area contributed by atoms with Crippen molar-refractivity contribution in [2.75, 3.05) is 0 Å². The highest BCUT2D eigenvalue weighted by Gasteiger charge is 2.13.